The molecule has 23 heavy (non-hydrogen) atoms. The van der Waals surface area contributed by atoms with Crippen molar-refractivity contribution in [1.29, 1.82) is 0 Å². The van der Waals surface area contributed by atoms with E-state index in [1.54, 1.807) is 24.3 Å². The van der Waals surface area contributed by atoms with Crippen molar-refractivity contribution in [2.24, 2.45) is 5.92 Å². The first kappa shape index (κ1) is 19.3. The summed E-state index contributed by atoms with van der Waals surface area (Å²) < 4.78 is 9.97. The quantitative estimate of drug-likeness (QED) is 0.773. The Bertz CT molecular complexity index is 501. The molecule has 1 amide bonds. The minimum atomic E-state index is -0.301. The Hall–Kier alpha value is -1.79. The third kappa shape index (κ3) is 6.46. The van der Waals surface area contributed by atoms with Crippen LogP contribution in [0, 0.1) is 5.92 Å². The number of hydrogen-bond acceptors (Lipinski definition) is 5. The van der Waals surface area contributed by atoms with E-state index in [4.69, 9.17) is 4.74 Å². The van der Waals surface area contributed by atoms with Crippen molar-refractivity contribution < 1.29 is 19.1 Å². The largest absolute Gasteiger partial charge is 0.493 e. The molecule has 0 bridgehead atoms. The van der Waals surface area contributed by atoms with E-state index in [9.17, 15) is 9.59 Å². The van der Waals surface area contributed by atoms with Gasteiger partial charge in [0.05, 0.1) is 26.1 Å². The molecule has 1 unspecified atom stereocenters. The van der Waals surface area contributed by atoms with Crippen LogP contribution in [0.15, 0.2) is 24.3 Å². The van der Waals surface area contributed by atoms with Gasteiger partial charge < -0.3 is 20.1 Å². The molecule has 0 spiro atoms. The lowest BCUT2D eigenvalue weighted by Crippen LogP contribution is -2.37. The van der Waals surface area contributed by atoms with Crippen LogP contribution in [-0.2, 0) is 14.3 Å². The van der Waals surface area contributed by atoms with Gasteiger partial charge in [-0.25, -0.2) is 0 Å². The van der Waals surface area contributed by atoms with E-state index in [0.717, 1.165) is 31.6 Å². The van der Waals surface area contributed by atoms with Crippen molar-refractivity contribution in [1.82, 2.24) is 5.32 Å². The van der Waals surface area contributed by atoms with Crippen molar-refractivity contribution in [3.63, 3.8) is 0 Å². The highest BCUT2D eigenvalue weighted by atomic mass is 35.5. The summed E-state index contributed by atoms with van der Waals surface area (Å²) >= 11 is 0. The maximum absolute atomic E-state index is 12.1. The smallest absolute Gasteiger partial charge is 0.308 e. The second kappa shape index (κ2) is 10.1. The van der Waals surface area contributed by atoms with Crippen molar-refractivity contribution in [3.8, 4) is 5.75 Å². The zero-order valence-electron chi connectivity index (χ0n) is 13.2. The Kier molecular flexibility index (Phi) is 8.43. The van der Waals surface area contributed by atoms with Gasteiger partial charge in [0.25, 0.3) is 0 Å². The van der Waals surface area contributed by atoms with Gasteiger partial charge in [0.15, 0.2) is 0 Å². The molecule has 1 aliphatic rings. The minimum Gasteiger partial charge on any atom is -0.493 e. The summed E-state index contributed by atoms with van der Waals surface area (Å²) in [5.74, 6) is 0.433. The first-order valence-electron chi connectivity index (χ1n) is 7.50. The molecule has 1 aliphatic heterocycles. The Labute approximate surface area is 142 Å². The van der Waals surface area contributed by atoms with Gasteiger partial charge in [-0.3, -0.25) is 9.59 Å². The van der Waals surface area contributed by atoms with Crippen LogP contribution in [0.2, 0.25) is 0 Å². The predicted molar refractivity (Wildman–Crippen MR) is 90.0 cm³/mol. The number of methoxy groups -OCH3 is 1. The van der Waals surface area contributed by atoms with Crippen molar-refractivity contribution in [3.05, 3.63) is 24.3 Å². The molecule has 1 aromatic rings. The fourth-order valence-corrected chi connectivity index (χ4v) is 2.31. The molecule has 1 aromatic carbocycles. The van der Waals surface area contributed by atoms with Gasteiger partial charge in [0.2, 0.25) is 5.91 Å². The van der Waals surface area contributed by atoms with Gasteiger partial charge in [-0.15, -0.1) is 12.4 Å². The number of benzene rings is 1. The number of amides is 1. The van der Waals surface area contributed by atoms with Crippen molar-refractivity contribution in [2.75, 3.05) is 32.1 Å². The van der Waals surface area contributed by atoms with E-state index in [1.807, 2.05) is 0 Å². The second-order valence-electron chi connectivity index (χ2n) is 5.23. The molecule has 7 heteroatoms. The zero-order chi connectivity index (χ0) is 15.8. The molecule has 0 aromatic heterocycles. The van der Waals surface area contributed by atoms with E-state index in [2.05, 4.69) is 15.4 Å². The highest BCUT2D eigenvalue weighted by Crippen LogP contribution is 2.18. The van der Waals surface area contributed by atoms with Gasteiger partial charge in [0.1, 0.15) is 5.75 Å². The summed E-state index contributed by atoms with van der Waals surface area (Å²) in [4.78, 5) is 23.1. The third-order valence-corrected chi connectivity index (χ3v) is 3.59. The SMILES string of the molecule is COC(=O)CCOc1ccc(NC(=O)C2CCCNC2)cc1.Cl. The van der Waals surface area contributed by atoms with Crippen LogP contribution in [0.5, 0.6) is 5.75 Å². The molecule has 1 heterocycles. The summed E-state index contributed by atoms with van der Waals surface area (Å²) in [5, 5.41) is 6.14. The van der Waals surface area contributed by atoms with Crippen LogP contribution in [0.25, 0.3) is 0 Å². The highest BCUT2D eigenvalue weighted by molar-refractivity contribution is 5.92. The summed E-state index contributed by atoms with van der Waals surface area (Å²) in [6, 6.07) is 7.13. The van der Waals surface area contributed by atoms with Crippen LogP contribution in [0.4, 0.5) is 5.69 Å². The summed E-state index contributed by atoms with van der Waals surface area (Å²) in [5.41, 5.74) is 0.746. The van der Waals surface area contributed by atoms with Crippen LogP contribution >= 0.6 is 12.4 Å². The average molecular weight is 343 g/mol. The van der Waals surface area contributed by atoms with E-state index < -0.39 is 0 Å². The number of anilines is 1. The van der Waals surface area contributed by atoms with Gasteiger partial charge in [-0.05, 0) is 43.7 Å². The number of ether oxygens (including phenoxy) is 2. The topological polar surface area (TPSA) is 76.7 Å². The molecule has 1 fully saturated rings. The Morgan fingerprint density at radius 3 is 2.65 bits per heavy atom. The first-order valence-corrected chi connectivity index (χ1v) is 7.50. The molecule has 0 aliphatic carbocycles. The van der Waals surface area contributed by atoms with Gasteiger partial charge >= 0.3 is 5.97 Å². The number of halogens is 1. The van der Waals surface area contributed by atoms with Gasteiger partial charge in [0, 0.05) is 12.2 Å². The second-order valence-corrected chi connectivity index (χ2v) is 5.23. The number of hydrogen-bond donors (Lipinski definition) is 2. The first-order chi connectivity index (χ1) is 10.7. The number of rotatable bonds is 6. The van der Waals surface area contributed by atoms with E-state index >= 15 is 0 Å². The molecular weight excluding hydrogens is 320 g/mol. The molecule has 2 rings (SSSR count). The minimum absolute atomic E-state index is 0. The highest BCUT2D eigenvalue weighted by Gasteiger charge is 2.20. The van der Waals surface area contributed by atoms with Gasteiger partial charge in [-0.1, -0.05) is 0 Å². The monoisotopic (exact) mass is 342 g/mol. The van der Waals surface area contributed by atoms with E-state index in [1.165, 1.54) is 7.11 Å². The summed E-state index contributed by atoms with van der Waals surface area (Å²) in [7, 11) is 1.35. The number of esters is 1. The lowest BCUT2D eigenvalue weighted by Gasteiger charge is -2.21. The van der Waals surface area contributed by atoms with Crippen LogP contribution in [-0.4, -0.2) is 38.7 Å². The number of carbonyl (C=O) groups is 2. The molecule has 0 radical (unpaired) electrons. The van der Waals surface area contributed by atoms with E-state index in [-0.39, 0.29) is 43.2 Å². The molecule has 1 saturated heterocycles. The molecule has 0 saturated carbocycles. The van der Waals surface area contributed by atoms with Crippen LogP contribution in [0.3, 0.4) is 0 Å². The molecule has 2 N–H and O–H groups in total. The van der Waals surface area contributed by atoms with Crippen LogP contribution in [0.1, 0.15) is 19.3 Å². The fourth-order valence-electron chi connectivity index (χ4n) is 2.31. The third-order valence-electron chi connectivity index (χ3n) is 3.59. The molecule has 6 nitrogen and oxygen atoms in total. The maximum atomic E-state index is 12.1. The van der Waals surface area contributed by atoms with E-state index in [0.29, 0.717) is 5.75 Å². The lowest BCUT2D eigenvalue weighted by atomic mass is 9.99. The fraction of sp³-hybridized carbons (Fsp3) is 0.500. The molecule has 1 atom stereocenters. The van der Waals surface area contributed by atoms with Crippen molar-refractivity contribution in [2.45, 2.75) is 19.3 Å². The molecular formula is C16H23ClN2O4. The Balaban J connectivity index is 0.00000264. The number of nitrogens with one attached hydrogen (secondary N) is 2. The Morgan fingerprint density at radius 1 is 1.30 bits per heavy atom. The Morgan fingerprint density at radius 2 is 2.04 bits per heavy atom. The number of piperidine rings is 1. The normalized spacial score (nSPS) is 16.8. The standard InChI is InChI=1S/C16H22N2O4.ClH/c1-21-15(19)8-10-22-14-6-4-13(5-7-14)18-16(20)12-3-2-9-17-11-12;/h4-7,12,17H,2-3,8-11H2,1H3,(H,18,20);1H. The van der Waals surface area contributed by atoms with Crippen molar-refractivity contribution >= 4 is 30.0 Å². The number of carbonyl (C=O) groups excluding carboxylic acids is 2. The summed E-state index contributed by atoms with van der Waals surface area (Å²) in [6.45, 7) is 1.99. The molecule has 128 valence electrons. The average Bonchev–Trinajstić information content (AvgIpc) is 2.57. The maximum Gasteiger partial charge on any atom is 0.308 e. The van der Waals surface area contributed by atoms with Crippen LogP contribution < -0.4 is 15.4 Å². The predicted octanol–water partition coefficient (Wildman–Crippen LogP) is 1.99. The lowest BCUT2D eigenvalue weighted by molar-refractivity contribution is -0.141. The zero-order valence-corrected chi connectivity index (χ0v) is 14.0. The van der Waals surface area contributed by atoms with Gasteiger partial charge in [-0.2, -0.15) is 0 Å². The summed E-state index contributed by atoms with van der Waals surface area (Å²) in [6.07, 6.45) is 2.17.